The van der Waals surface area contributed by atoms with E-state index in [1.54, 1.807) is 19.1 Å². The lowest BCUT2D eigenvalue weighted by Crippen LogP contribution is -2.36. The molecule has 0 aliphatic heterocycles. The van der Waals surface area contributed by atoms with Crippen LogP contribution in [-0.2, 0) is 14.3 Å². The topological polar surface area (TPSA) is 55.4 Å². The third kappa shape index (κ3) is 5.54. The normalized spacial score (nSPS) is 16.3. The lowest BCUT2D eigenvalue weighted by Gasteiger charge is -2.14. The fourth-order valence-electron chi connectivity index (χ4n) is 2.36. The Kier molecular flexibility index (Phi) is 6.58. The quantitative estimate of drug-likeness (QED) is 0.636. The number of amides is 1. The van der Waals surface area contributed by atoms with Crippen molar-refractivity contribution in [3.8, 4) is 0 Å². The monoisotopic (exact) mass is 341 g/mol. The van der Waals surface area contributed by atoms with Crippen LogP contribution >= 0.6 is 23.4 Å². The van der Waals surface area contributed by atoms with Crippen molar-refractivity contribution >= 4 is 35.2 Å². The molecule has 0 radical (unpaired) electrons. The summed E-state index contributed by atoms with van der Waals surface area (Å²) < 4.78 is 5.07. The molecule has 0 aromatic heterocycles. The second-order valence-corrected chi connectivity index (χ2v) is 7.22. The van der Waals surface area contributed by atoms with Crippen LogP contribution in [0.4, 0.5) is 0 Å². The molecule has 0 spiro atoms. The van der Waals surface area contributed by atoms with Crippen LogP contribution in [0.1, 0.15) is 32.6 Å². The molecule has 1 N–H and O–H groups in total. The first-order valence-corrected chi connectivity index (χ1v) is 8.68. The van der Waals surface area contributed by atoms with E-state index in [4.69, 9.17) is 16.3 Å². The molecule has 0 saturated heterocycles. The van der Waals surface area contributed by atoms with Gasteiger partial charge in [0.1, 0.15) is 5.25 Å². The van der Waals surface area contributed by atoms with Gasteiger partial charge >= 0.3 is 5.97 Å². The maximum Gasteiger partial charge on any atom is 0.319 e. The van der Waals surface area contributed by atoms with Gasteiger partial charge in [0.05, 0.1) is 0 Å². The fraction of sp³-hybridized carbons (Fsp3) is 0.500. The third-order valence-corrected chi connectivity index (χ3v) is 4.87. The van der Waals surface area contributed by atoms with E-state index in [2.05, 4.69) is 5.32 Å². The van der Waals surface area contributed by atoms with Crippen molar-refractivity contribution in [3.05, 3.63) is 29.3 Å². The number of hydrogen-bond donors (Lipinski definition) is 1. The molecule has 2 rings (SSSR count). The standard InChI is InChI=1S/C16H20ClNO3S/c1-11(22-14-8-6-12(17)7-9-14)16(20)21-10-15(19)18-13-4-2-3-5-13/h6-9,11,13H,2-5,10H2,1H3,(H,18,19)/t11-/m1/s1. The molecule has 1 aromatic rings. The number of ether oxygens (including phenoxy) is 1. The number of halogens is 1. The Labute approximate surface area is 139 Å². The van der Waals surface area contributed by atoms with Gasteiger partial charge in [-0.05, 0) is 44.0 Å². The number of hydrogen-bond acceptors (Lipinski definition) is 4. The molecule has 1 aromatic carbocycles. The van der Waals surface area contributed by atoms with E-state index >= 15 is 0 Å². The molecule has 120 valence electrons. The number of carbonyl (C=O) groups is 2. The van der Waals surface area contributed by atoms with Crippen molar-refractivity contribution in [2.45, 2.75) is 48.8 Å². The van der Waals surface area contributed by atoms with E-state index in [9.17, 15) is 9.59 Å². The van der Waals surface area contributed by atoms with E-state index in [1.807, 2.05) is 12.1 Å². The molecule has 6 heteroatoms. The Morgan fingerprint density at radius 2 is 1.95 bits per heavy atom. The Bertz CT molecular complexity index is 515. The lowest BCUT2D eigenvalue weighted by atomic mass is 10.2. The van der Waals surface area contributed by atoms with Gasteiger partial charge < -0.3 is 10.1 Å². The maximum absolute atomic E-state index is 11.9. The van der Waals surface area contributed by atoms with E-state index in [0.717, 1.165) is 30.6 Å². The molecule has 1 fully saturated rings. The molecule has 1 saturated carbocycles. The summed E-state index contributed by atoms with van der Waals surface area (Å²) in [6.45, 7) is 1.55. The number of nitrogens with one attached hydrogen (secondary N) is 1. The molecule has 1 aliphatic carbocycles. The van der Waals surface area contributed by atoms with Gasteiger partial charge in [-0.3, -0.25) is 9.59 Å². The fourth-order valence-corrected chi connectivity index (χ4v) is 3.35. The van der Waals surface area contributed by atoms with Gasteiger partial charge in [-0.25, -0.2) is 0 Å². The van der Waals surface area contributed by atoms with Gasteiger partial charge in [-0.2, -0.15) is 0 Å². The largest absolute Gasteiger partial charge is 0.455 e. The summed E-state index contributed by atoms with van der Waals surface area (Å²) >= 11 is 7.20. The molecule has 0 bridgehead atoms. The van der Waals surface area contributed by atoms with E-state index in [1.165, 1.54) is 11.8 Å². The second kappa shape index (κ2) is 8.44. The highest BCUT2D eigenvalue weighted by atomic mass is 35.5. The maximum atomic E-state index is 11.9. The van der Waals surface area contributed by atoms with Crippen LogP contribution in [0.15, 0.2) is 29.2 Å². The predicted molar refractivity (Wildman–Crippen MR) is 88.1 cm³/mol. The highest BCUT2D eigenvalue weighted by molar-refractivity contribution is 8.00. The van der Waals surface area contributed by atoms with E-state index in [-0.39, 0.29) is 29.8 Å². The van der Waals surface area contributed by atoms with Crippen LogP contribution in [0.25, 0.3) is 0 Å². The molecule has 22 heavy (non-hydrogen) atoms. The van der Waals surface area contributed by atoms with Gasteiger partial charge in [0, 0.05) is 16.0 Å². The zero-order valence-corrected chi connectivity index (χ0v) is 14.1. The van der Waals surface area contributed by atoms with Crippen molar-refractivity contribution in [1.82, 2.24) is 5.32 Å². The summed E-state index contributed by atoms with van der Waals surface area (Å²) in [4.78, 5) is 24.6. The molecule has 1 aliphatic rings. The molecule has 1 amide bonds. The van der Waals surface area contributed by atoms with Crippen molar-refractivity contribution < 1.29 is 14.3 Å². The Morgan fingerprint density at radius 3 is 2.59 bits per heavy atom. The highest BCUT2D eigenvalue weighted by Gasteiger charge is 2.20. The molecule has 1 atom stereocenters. The van der Waals surface area contributed by atoms with Gasteiger partial charge in [-0.1, -0.05) is 24.4 Å². The molecular formula is C16H20ClNO3S. The summed E-state index contributed by atoms with van der Waals surface area (Å²) in [6.07, 6.45) is 4.34. The minimum Gasteiger partial charge on any atom is -0.455 e. The number of esters is 1. The number of rotatable bonds is 6. The average Bonchev–Trinajstić information content (AvgIpc) is 3.00. The smallest absolute Gasteiger partial charge is 0.319 e. The summed E-state index contributed by atoms with van der Waals surface area (Å²) in [7, 11) is 0. The summed E-state index contributed by atoms with van der Waals surface area (Å²) in [5.74, 6) is -0.606. The third-order valence-electron chi connectivity index (χ3n) is 3.52. The SMILES string of the molecule is C[C@@H](Sc1ccc(Cl)cc1)C(=O)OCC(=O)NC1CCCC1. The van der Waals surface area contributed by atoms with Crippen molar-refractivity contribution in [1.29, 1.82) is 0 Å². The van der Waals surface area contributed by atoms with Crippen molar-refractivity contribution in [2.24, 2.45) is 0 Å². The van der Waals surface area contributed by atoms with Crippen LogP contribution in [0.2, 0.25) is 5.02 Å². The molecular weight excluding hydrogens is 322 g/mol. The minimum atomic E-state index is -0.387. The lowest BCUT2D eigenvalue weighted by molar-refractivity contribution is -0.147. The number of benzene rings is 1. The zero-order chi connectivity index (χ0) is 15.9. The predicted octanol–water partition coefficient (Wildman–Crippen LogP) is 3.42. The first-order chi connectivity index (χ1) is 10.5. The van der Waals surface area contributed by atoms with Gasteiger partial charge in [-0.15, -0.1) is 11.8 Å². The highest BCUT2D eigenvalue weighted by Crippen LogP contribution is 2.25. The molecule has 0 unspecified atom stereocenters. The minimum absolute atomic E-state index is 0.207. The molecule has 0 heterocycles. The van der Waals surface area contributed by atoms with Gasteiger partial charge in [0.2, 0.25) is 0 Å². The first kappa shape index (κ1) is 17.2. The number of thioether (sulfide) groups is 1. The Morgan fingerprint density at radius 1 is 1.32 bits per heavy atom. The van der Waals surface area contributed by atoms with Crippen molar-refractivity contribution in [2.75, 3.05) is 6.61 Å². The van der Waals surface area contributed by atoms with E-state index < -0.39 is 0 Å². The zero-order valence-electron chi connectivity index (χ0n) is 12.5. The van der Waals surface area contributed by atoms with Crippen LogP contribution < -0.4 is 5.32 Å². The van der Waals surface area contributed by atoms with Crippen LogP contribution in [-0.4, -0.2) is 29.8 Å². The summed E-state index contributed by atoms with van der Waals surface area (Å²) in [5.41, 5.74) is 0. The van der Waals surface area contributed by atoms with Crippen LogP contribution in [0.5, 0.6) is 0 Å². The first-order valence-electron chi connectivity index (χ1n) is 7.43. The van der Waals surface area contributed by atoms with Crippen molar-refractivity contribution in [3.63, 3.8) is 0 Å². The molecule has 4 nitrogen and oxygen atoms in total. The van der Waals surface area contributed by atoms with Gasteiger partial charge in [0.15, 0.2) is 6.61 Å². The summed E-state index contributed by atoms with van der Waals surface area (Å²) in [5, 5.41) is 3.17. The summed E-state index contributed by atoms with van der Waals surface area (Å²) in [6, 6.07) is 7.49. The van der Waals surface area contributed by atoms with Crippen LogP contribution in [0, 0.1) is 0 Å². The Hall–Kier alpha value is -1.20. The van der Waals surface area contributed by atoms with E-state index in [0.29, 0.717) is 5.02 Å². The Balaban J connectivity index is 1.71. The second-order valence-electron chi connectivity index (χ2n) is 5.37. The van der Waals surface area contributed by atoms with Crippen LogP contribution in [0.3, 0.4) is 0 Å². The average molecular weight is 342 g/mol. The van der Waals surface area contributed by atoms with Gasteiger partial charge in [0.25, 0.3) is 5.91 Å². The number of carbonyl (C=O) groups excluding carboxylic acids is 2.